The summed E-state index contributed by atoms with van der Waals surface area (Å²) >= 11 is 1.13. The van der Waals surface area contributed by atoms with E-state index in [1.807, 2.05) is 13.8 Å². The molecule has 11 nitrogen and oxygen atoms in total. The first-order chi connectivity index (χ1) is 22.2. The minimum Gasteiger partial charge on any atom is -0.490 e. The number of amides is 1. The number of ether oxygens (including phenoxy) is 2. The SMILES string of the molecule is C[C@@H]1CN([C@H](C)CO)C(=O)c2cc(NS(=O)(=O)c3ccc(F)cc3)ccc2O[C@@H](C)CCCCO[C@H]1CN(C)S(=O)(=O)c1cccs1. The van der Waals surface area contributed by atoms with Crippen molar-refractivity contribution < 1.29 is 40.6 Å². The van der Waals surface area contributed by atoms with Gasteiger partial charge in [-0.1, -0.05) is 13.0 Å². The number of aliphatic hydroxyl groups excluding tert-OH is 1. The van der Waals surface area contributed by atoms with E-state index in [0.717, 1.165) is 42.0 Å². The number of aliphatic hydroxyl groups is 1. The van der Waals surface area contributed by atoms with Gasteiger partial charge in [-0.05, 0) is 87.0 Å². The number of sulfonamides is 2. The lowest BCUT2D eigenvalue weighted by molar-refractivity contribution is -0.00832. The molecule has 3 aromatic rings. The van der Waals surface area contributed by atoms with Crippen LogP contribution >= 0.6 is 11.3 Å². The van der Waals surface area contributed by atoms with Crippen LogP contribution in [0, 0.1) is 11.7 Å². The zero-order valence-corrected chi connectivity index (χ0v) is 29.3. The van der Waals surface area contributed by atoms with E-state index in [1.165, 1.54) is 34.5 Å². The molecule has 0 fully saturated rings. The summed E-state index contributed by atoms with van der Waals surface area (Å²) in [6.45, 7) is 5.57. The Morgan fingerprint density at radius 3 is 2.49 bits per heavy atom. The molecule has 0 saturated carbocycles. The predicted molar refractivity (Wildman–Crippen MR) is 178 cm³/mol. The van der Waals surface area contributed by atoms with Crippen molar-refractivity contribution in [3.05, 3.63) is 71.4 Å². The van der Waals surface area contributed by atoms with Crippen molar-refractivity contribution in [2.75, 3.05) is 38.1 Å². The molecule has 0 aliphatic carbocycles. The van der Waals surface area contributed by atoms with Crippen LogP contribution in [0.3, 0.4) is 0 Å². The van der Waals surface area contributed by atoms with Crippen molar-refractivity contribution in [3.63, 3.8) is 0 Å². The minimum atomic E-state index is -4.12. The summed E-state index contributed by atoms with van der Waals surface area (Å²) in [5.74, 6) is -1.22. The quantitative estimate of drug-likeness (QED) is 0.322. The van der Waals surface area contributed by atoms with Crippen LogP contribution in [-0.4, -0.2) is 88.7 Å². The molecule has 258 valence electrons. The van der Waals surface area contributed by atoms with Gasteiger partial charge in [0, 0.05) is 38.3 Å². The Hall–Kier alpha value is -3.08. The molecule has 47 heavy (non-hydrogen) atoms. The smallest absolute Gasteiger partial charge is 0.261 e. The van der Waals surface area contributed by atoms with Crippen LogP contribution in [0.15, 0.2) is 69.1 Å². The number of nitrogens with one attached hydrogen (secondary N) is 1. The molecule has 2 heterocycles. The molecule has 4 atom stereocenters. The highest BCUT2D eigenvalue weighted by Crippen LogP contribution is 2.30. The fourth-order valence-electron chi connectivity index (χ4n) is 5.19. The van der Waals surface area contributed by atoms with E-state index in [2.05, 4.69) is 4.72 Å². The number of thiophene rings is 1. The van der Waals surface area contributed by atoms with Gasteiger partial charge in [-0.2, -0.15) is 4.31 Å². The summed E-state index contributed by atoms with van der Waals surface area (Å²) in [6, 6.07) is 11.3. The normalized spacial score (nSPS) is 21.0. The van der Waals surface area contributed by atoms with Crippen molar-refractivity contribution in [3.8, 4) is 5.75 Å². The molecule has 0 radical (unpaired) electrons. The number of nitrogens with zero attached hydrogens (tertiary/aromatic N) is 2. The van der Waals surface area contributed by atoms with Crippen molar-refractivity contribution >= 4 is 43.0 Å². The topological polar surface area (TPSA) is 143 Å². The van der Waals surface area contributed by atoms with Crippen LogP contribution in [0.1, 0.15) is 50.4 Å². The van der Waals surface area contributed by atoms with Gasteiger partial charge in [-0.15, -0.1) is 11.3 Å². The summed E-state index contributed by atoms with van der Waals surface area (Å²) in [5.41, 5.74) is 0.167. The van der Waals surface area contributed by atoms with Gasteiger partial charge in [0.05, 0.1) is 35.3 Å². The summed E-state index contributed by atoms with van der Waals surface area (Å²) in [4.78, 5) is 15.6. The summed E-state index contributed by atoms with van der Waals surface area (Å²) < 4.78 is 82.4. The number of carbonyl (C=O) groups excluding carboxylic acids is 1. The van der Waals surface area contributed by atoms with Crippen LogP contribution < -0.4 is 9.46 Å². The molecule has 2 N–H and O–H groups in total. The van der Waals surface area contributed by atoms with Crippen LogP contribution in [0.5, 0.6) is 5.75 Å². The van der Waals surface area contributed by atoms with E-state index in [4.69, 9.17) is 9.47 Å². The molecule has 1 aromatic heterocycles. The third-order valence-electron chi connectivity index (χ3n) is 8.02. The maximum Gasteiger partial charge on any atom is 0.261 e. The summed E-state index contributed by atoms with van der Waals surface area (Å²) in [5, 5.41) is 11.9. The van der Waals surface area contributed by atoms with E-state index in [9.17, 15) is 31.1 Å². The third kappa shape index (κ3) is 9.30. The average molecular weight is 712 g/mol. The van der Waals surface area contributed by atoms with E-state index in [1.54, 1.807) is 24.4 Å². The maximum absolute atomic E-state index is 14.3. The second kappa shape index (κ2) is 15.9. The van der Waals surface area contributed by atoms with Gasteiger partial charge in [0.25, 0.3) is 26.0 Å². The number of hydrogen-bond acceptors (Lipinski definition) is 9. The summed E-state index contributed by atoms with van der Waals surface area (Å²) in [7, 11) is -6.37. The van der Waals surface area contributed by atoms with E-state index >= 15 is 0 Å². The number of anilines is 1. The van der Waals surface area contributed by atoms with Crippen LogP contribution in [0.2, 0.25) is 0 Å². The lowest BCUT2D eigenvalue weighted by atomic mass is 10.0. The number of fused-ring (bicyclic) bond motifs is 1. The summed E-state index contributed by atoms with van der Waals surface area (Å²) in [6.07, 6.45) is 1.20. The predicted octanol–water partition coefficient (Wildman–Crippen LogP) is 4.80. The highest BCUT2D eigenvalue weighted by atomic mass is 32.2. The number of halogens is 1. The van der Waals surface area contributed by atoms with Gasteiger partial charge in [0.2, 0.25) is 0 Å². The van der Waals surface area contributed by atoms with Crippen molar-refractivity contribution in [1.29, 1.82) is 0 Å². The average Bonchev–Trinajstić information content (AvgIpc) is 3.59. The van der Waals surface area contributed by atoms with Crippen molar-refractivity contribution in [1.82, 2.24) is 9.21 Å². The van der Waals surface area contributed by atoms with E-state index in [0.29, 0.717) is 19.4 Å². The van der Waals surface area contributed by atoms with Crippen molar-refractivity contribution in [2.45, 2.75) is 67.4 Å². The molecule has 1 aliphatic heterocycles. The highest BCUT2D eigenvalue weighted by Gasteiger charge is 2.33. The molecule has 0 bridgehead atoms. The maximum atomic E-state index is 14.3. The Morgan fingerprint density at radius 2 is 1.83 bits per heavy atom. The van der Waals surface area contributed by atoms with E-state index in [-0.39, 0.29) is 57.8 Å². The zero-order valence-electron chi connectivity index (χ0n) is 26.8. The standard InChI is InChI=1S/C32H42FN3O8S3/c1-22-19-36(23(2)21-37)32(38)28-18-26(34-46(39,40)27-13-10-25(33)11-14-27)12-15-29(28)44-24(3)8-5-6-16-43-30(22)20-35(4)47(41,42)31-9-7-17-45-31/h7,9-15,17-18,22-24,30,34,37H,5-6,8,16,19-21H2,1-4H3/t22-,23-,24+,30+/m1/s1. The van der Waals surface area contributed by atoms with Gasteiger partial charge in [-0.3, -0.25) is 9.52 Å². The number of likely N-dealkylation sites (N-methyl/N-ethyl adjacent to an activating group) is 1. The number of benzene rings is 2. The highest BCUT2D eigenvalue weighted by molar-refractivity contribution is 7.92. The third-order valence-corrected chi connectivity index (χ3v) is 12.6. The lowest BCUT2D eigenvalue weighted by Crippen LogP contribution is -2.48. The number of hydrogen-bond donors (Lipinski definition) is 2. The molecule has 1 aliphatic rings. The Labute approximate surface area is 280 Å². The first kappa shape index (κ1) is 36.8. The molecule has 15 heteroatoms. The Morgan fingerprint density at radius 1 is 1.11 bits per heavy atom. The second-order valence-corrected chi connectivity index (χ2v) is 16.7. The Bertz CT molecular complexity index is 1700. The Kier molecular flexibility index (Phi) is 12.4. The minimum absolute atomic E-state index is 0.0440. The first-order valence-electron chi connectivity index (χ1n) is 15.3. The fourth-order valence-corrected chi connectivity index (χ4v) is 8.63. The van der Waals surface area contributed by atoms with Gasteiger partial charge >= 0.3 is 0 Å². The molecule has 0 spiro atoms. The van der Waals surface area contributed by atoms with Crippen LogP contribution in [-0.2, 0) is 24.8 Å². The second-order valence-electron chi connectivity index (χ2n) is 11.8. The van der Waals surface area contributed by atoms with Crippen molar-refractivity contribution in [2.24, 2.45) is 5.92 Å². The lowest BCUT2D eigenvalue weighted by Gasteiger charge is -2.35. The number of carbonyl (C=O) groups is 1. The fraction of sp³-hybridized carbons (Fsp3) is 0.469. The monoisotopic (exact) mass is 711 g/mol. The molecule has 4 rings (SSSR count). The number of rotatable bonds is 9. The Balaban J connectivity index is 1.68. The first-order valence-corrected chi connectivity index (χ1v) is 19.2. The molecule has 2 aromatic carbocycles. The van der Waals surface area contributed by atoms with Crippen LogP contribution in [0.25, 0.3) is 0 Å². The molecule has 0 unspecified atom stereocenters. The van der Waals surface area contributed by atoms with E-state index < -0.39 is 43.9 Å². The van der Waals surface area contributed by atoms with Gasteiger partial charge in [0.15, 0.2) is 0 Å². The molecule has 1 amide bonds. The molecular formula is C32H42FN3O8S3. The molecular weight excluding hydrogens is 670 g/mol. The zero-order chi connectivity index (χ0) is 34.4. The van der Waals surface area contributed by atoms with Gasteiger partial charge < -0.3 is 19.5 Å². The molecule has 0 saturated heterocycles. The van der Waals surface area contributed by atoms with Gasteiger partial charge in [0.1, 0.15) is 15.8 Å². The van der Waals surface area contributed by atoms with Crippen LogP contribution in [0.4, 0.5) is 10.1 Å². The largest absolute Gasteiger partial charge is 0.490 e. The van der Waals surface area contributed by atoms with Gasteiger partial charge in [-0.25, -0.2) is 21.2 Å².